The van der Waals surface area contributed by atoms with Gasteiger partial charge in [-0.05, 0) is 50.1 Å². The molecule has 7 nitrogen and oxygen atoms in total. The molecule has 0 N–H and O–H groups in total. The van der Waals surface area contributed by atoms with Gasteiger partial charge in [0, 0.05) is 22.6 Å². The molecule has 0 bridgehead atoms. The summed E-state index contributed by atoms with van der Waals surface area (Å²) in [6.45, 7) is 4.80. The molecule has 7 heteroatoms. The van der Waals surface area contributed by atoms with Crippen LogP contribution >= 0.6 is 0 Å². The Hall–Kier alpha value is -3.61. The van der Waals surface area contributed by atoms with Crippen molar-refractivity contribution in [3.63, 3.8) is 0 Å². The van der Waals surface area contributed by atoms with E-state index in [2.05, 4.69) is 0 Å². The van der Waals surface area contributed by atoms with E-state index >= 15 is 0 Å². The molecule has 156 valence electrons. The molecule has 0 unspecified atom stereocenters. The zero-order valence-corrected chi connectivity index (χ0v) is 17.2. The van der Waals surface area contributed by atoms with E-state index in [9.17, 15) is 14.4 Å². The number of aryl methyl sites for hydroxylation is 2. The van der Waals surface area contributed by atoms with Gasteiger partial charge in [0.2, 0.25) is 0 Å². The maximum absolute atomic E-state index is 12.2. The van der Waals surface area contributed by atoms with Gasteiger partial charge in [-0.25, -0.2) is 9.59 Å². The minimum absolute atomic E-state index is 0.0901. The molecule has 0 radical (unpaired) electrons. The van der Waals surface area contributed by atoms with Crippen LogP contribution in [0.5, 0.6) is 11.5 Å². The number of benzene rings is 2. The third kappa shape index (κ3) is 4.51. The normalized spacial score (nSPS) is 10.7. The Morgan fingerprint density at radius 3 is 2.50 bits per heavy atom. The van der Waals surface area contributed by atoms with E-state index in [4.69, 9.17) is 18.6 Å². The zero-order valence-electron chi connectivity index (χ0n) is 17.2. The SMILES string of the molecule is COc1cc(C(C)=O)ccc1OCC(=O)OCc1cc(=O)oc2c(C)c(C)ccc12. The molecule has 2 aromatic carbocycles. The second-order valence-corrected chi connectivity index (χ2v) is 6.85. The highest BCUT2D eigenvalue weighted by molar-refractivity contribution is 5.94. The highest BCUT2D eigenvalue weighted by Gasteiger charge is 2.14. The van der Waals surface area contributed by atoms with E-state index in [0.29, 0.717) is 33.6 Å². The summed E-state index contributed by atoms with van der Waals surface area (Å²) in [7, 11) is 1.44. The highest BCUT2D eigenvalue weighted by Crippen LogP contribution is 2.28. The van der Waals surface area contributed by atoms with Crippen LogP contribution in [0.1, 0.15) is 34.0 Å². The Balaban J connectivity index is 1.69. The standard InChI is InChI=1S/C23H22O7/c1-13-5-7-18-17(10-21(25)30-23(18)14(13)2)11-29-22(26)12-28-19-8-6-16(15(3)24)9-20(19)27-4/h5-10H,11-12H2,1-4H3. The largest absolute Gasteiger partial charge is 0.493 e. The molecule has 0 saturated carbocycles. The van der Waals surface area contributed by atoms with Crippen LogP contribution in [0.4, 0.5) is 0 Å². The molecule has 0 aliphatic carbocycles. The van der Waals surface area contributed by atoms with Gasteiger partial charge in [-0.2, -0.15) is 0 Å². The molecule has 0 aliphatic rings. The number of esters is 1. The maximum Gasteiger partial charge on any atom is 0.344 e. The Kier molecular flexibility index (Phi) is 6.20. The number of hydrogen-bond acceptors (Lipinski definition) is 7. The van der Waals surface area contributed by atoms with Gasteiger partial charge in [0.25, 0.3) is 0 Å². The summed E-state index contributed by atoms with van der Waals surface area (Å²) in [5.41, 5.74) is 2.87. The molecule has 0 fully saturated rings. The number of fused-ring (bicyclic) bond motifs is 1. The van der Waals surface area contributed by atoms with Crippen LogP contribution in [-0.4, -0.2) is 25.5 Å². The van der Waals surface area contributed by atoms with Gasteiger partial charge in [0.1, 0.15) is 12.2 Å². The third-order valence-electron chi connectivity index (χ3n) is 4.82. The van der Waals surface area contributed by atoms with Crippen LogP contribution in [0.15, 0.2) is 45.6 Å². The van der Waals surface area contributed by atoms with Crippen molar-refractivity contribution in [3.05, 3.63) is 69.1 Å². The monoisotopic (exact) mass is 410 g/mol. The molecular formula is C23H22O7. The second kappa shape index (κ2) is 8.82. The summed E-state index contributed by atoms with van der Waals surface area (Å²) in [4.78, 5) is 35.5. The number of ketones is 1. The van der Waals surface area contributed by atoms with Gasteiger partial charge in [0.05, 0.1) is 7.11 Å². The van der Waals surface area contributed by atoms with Crippen LogP contribution in [0, 0.1) is 13.8 Å². The average Bonchev–Trinajstić information content (AvgIpc) is 2.73. The number of carbonyl (C=O) groups is 2. The van der Waals surface area contributed by atoms with Crippen molar-refractivity contribution in [1.82, 2.24) is 0 Å². The fourth-order valence-electron chi connectivity index (χ4n) is 2.99. The van der Waals surface area contributed by atoms with Gasteiger partial charge in [-0.3, -0.25) is 4.79 Å². The highest BCUT2D eigenvalue weighted by atomic mass is 16.6. The maximum atomic E-state index is 12.2. The Bertz CT molecular complexity index is 1170. The molecular weight excluding hydrogens is 388 g/mol. The van der Waals surface area contributed by atoms with Crippen molar-refractivity contribution in [3.8, 4) is 11.5 Å². The molecule has 0 aliphatic heterocycles. The van der Waals surface area contributed by atoms with E-state index < -0.39 is 11.6 Å². The van der Waals surface area contributed by atoms with E-state index in [-0.39, 0.29) is 19.0 Å². The summed E-state index contributed by atoms with van der Waals surface area (Å²) < 4.78 is 21.3. The minimum Gasteiger partial charge on any atom is -0.493 e. The number of ether oxygens (including phenoxy) is 3. The molecule has 3 aromatic rings. The zero-order chi connectivity index (χ0) is 21.8. The summed E-state index contributed by atoms with van der Waals surface area (Å²) in [5, 5.41) is 0.716. The number of hydrogen-bond donors (Lipinski definition) is 0. The van der Waals surface area contributed by atoms with Crippen LogP contribution < -0.4 is 15.1 Å². The minimum atomic E-state index is -0.613. The lowest BCUT2D eigenvalue weighted by atomic mass is 10.0. The first-order valence-electron chi connectivity index (χ1n) is 9.30. The lowest BCUT2D eigenvalue weighted by Gasteiger charge is -2.12. The number of methoxy groups -OCH3 is 1. The molecule has 3 rings (SSSR count). The summed E-state index contributed by atoms with van der Waals surface area (Å²) in [5.74, 6) is -0.0634. The average molecular weight is 410 g/mol. The topological polar surface area (TPSA) is 92.0 Å². The second-order valence-electron chi connectivity index (χ2n) is 6.85. The smallest absolute Gasteiger partial charge is 0.344 e. The van der Waals surface area contributed by atoms with E-state index in [0.717, 1.165) is 11.1 Å². The third-order valence-corrected chi connectivity index (χ3v) is 4.82. The Morgan fingerprint density at radius 1 is 1.03 bits per heavy atom. The predicted octanol–water partition coefficient (Wildman–Crippen LogP) is 3.74. The van der Waals surface area contributed by atoms with Crippen molar-refractivity contribution < 1.29 is 28.2 Å². The van der Waals surface area contributed by atoms with Crippen LogP contribution in [0.25, 0.3) is 11.0 Å². The van der Waals surface area contributed by atoms with E-state index in [1.165, 1.54) is 20.1 Å². The lowest BCUT2D eigenvalue weighted by Crippen LogP contribution is -2.16. The van der Waals surface area contributed by atoms with Crippen molar-refractivity contribution in [1.29, 1.82) is 0 Å². The summed E-state index contributed by atoms with van der Waals surface area (Å²) in [6.07, 6.45) is 0. The van der Waals surface area contributed by atoms with Crippen molar-refractivity contribution in [2.24, 2.45) is 0 Å². The van der Waals surface area contributed by atoms with Gasteiger partial charge in [-0.15, -0.1) is 0 Å². The van der Waals surface area contributed by atoms with E-state index in [1.807, 2.05) is 26.0 Å². The van der Waals surface area contributed by atoms with Gasteiger partial charge in [0.15, 0.2) is 23.9 Å². The van der Waals surface area contributed by atoms with E-state index in [1.54, 1.807) is 18.2 Å². The van der Waals surface area contributed by atoms with Gasteiger partial charge in [-0.1, -0.05) is 12.1 Å². The molecule has 0 saturated heterocycles. The van der Waals surface area contributed by atoms with Crippen LogP contribution in [0.2, 0.25) is 0 Å². The molecule has 1 aromatic heterocycles. The number of Topliss-reactive ketones (excluding diaryl/α,β-unsaturated/α-hetero) is 1. The molecule has 1 heterocycles. The fraction of sp³-hybridized carbons (Fsp3) is 0.261. The van der Waals surface area contributed by atoms with Crippen molar-refractivity contribution in [2.45, 2.75) is 27.4 Å². The first-order valence-corrected chi connectivity index (χ1v) is 9.30. The first-order chi connectivity index (χ1) is 14.3. The molecule has 0 amide bonds. The predicted molar refractivity (Wildman–Crippen MR) is 110 cm³/mol. The molecule has 30 heavy (non-hydrogen) atoms. The van der Waals surface area contributed by atoms with Crippen LogP contribution in [0.3, 0.4) is 0 Å². The molecule has 0 atom stereocenters. The Morgan fingerprint density at radius 2 is 1.80 bits per heavy atom. The summed E-state index contributed by atoms with van der Waals surface area (Å²) >= 11 is 0. The molecule has 0 spiro atoms. The quantitative estimate of drug-likeness (QED) is 0.333. The van der Waals surface area contributed by atoms with Crippen molar-refractivity contribution in [2.75, 3.05) is 13.7 Å². The van der Waals surface area contributed by atoms with Crippen molar-refractivity contribution >= 4 is 22.7 Å². The van der Waals surface area contributed by atoms with Gasteiger partial charge >= 0.3 is 11.6 Å². The first kappa shape index (κ1) is 21.1. The number of carbonyl (C=O) groups excluding carboxylic acids is 2. The summed E-state index contributed by atoms with van der Waals surface area (Å²) in [6, 6.07) is 9.76. The number of rotatable bonds is 7. The van der Waals surface area contributed by atoms with Crippen LogP contribution in [-0.2, 0) is 16.1 Å². The van der Waals surface area contributed by atoms with Gasteiger partial charge < -0.3 is 18.6 Å². The lowest BCUT2D eigenvalue weighted by molar-refractivity contribution is -0.147. The Labute approximate surface area is 173 Å². The fourth-order valence-corrected chi connectivity index (χ4v) is 2.99.